The summed E-state index contributed by atoms with van der Waals surface area (Å²) in [5.41, 5.74) is 2.93. The molecule has 3 aromatic rings. The van der Waals surface area contributed by atoms with Crippen LogP contribution in [0.5, 0.6) is 0 Å². The van der Waals surface area contributed by atoms with Gasteiger partial charge in [-0.05, 0) is 30.5 Å². The van der Waals surface area contributed by atoms with Crippen molar-refractivity contribution >= 4 is 23.5 Å². The lowest BCUT2D eigenvalue weighted by atomic mass is 10.0. The van der Waals surface area contributed by atoms with Crippen LogP contribution in [0.1, 0.15) is 57.5 Å². The highest BCUT2D eigenvalue weighted by Crippen LogP contribution is 2.27. The smallest absolute Gasteiger partial charge is 0.339 e. The number of hydrogen-bond acceptors (Lipinski definition) is 6. The zero-order valence-electron chi connectivity index (χ0n) is 16.7. The zero-order valence-corrected chi connectivity index (χ0v) is 17.5. The summed E-state index contributed by atoms with van der Waals surface area (Å²) >= 11 is 1.47. The Bertz CT molecular complexity index is 992. The van der Waals surface area contributed by atoms with E-state index >= 15 is 0 Å². The number of carbonyl (C=O) groups excluding carboxylic acids is 2. The van der Waals surface area contributed by atoms with Crippen LogP contribution >= 0.6 is 11.8 Å². The van der Waals surface area contributed by atoms with Crippen LogP contribution < -0.4 is 0 Å². The number of rotatable bonds is 8. The molecular formula is C23H23NO4S. The molecule has 1 heterocycles. The SMILES string of the molecule is Cc1cc(CSc2ccccc2C(=O)OCC(=O)c2ccc(C(C)C)cc2)no1. The van der Waals surface area contributed by atoms with Gasteiger partial charge in [-0.1, -0.05) is 55.4 Å². The Hall–Kier alpha value is -2.86. The van der Waals surface area contributed by atoms with Crippen LogP contribution in [0, 0.1) is 6.92 Å². The van der Waals surface area contributed by atoms with Crippen LogP contribution in [0.25, 0.3) is 0 Å². The molecule has 0 spiro atoms. The van der Waals surface area contributed by atoms with Crippen molar-refractivity contribution in [1.29, 1.82) is 0 Å². The number of ether oxygens (including phenoxy) is 1. The molecule has 0 bridgehead atoms. The maximum Gasteiger partial charge on any atom is 0.339 e. The van der Waals surface area contributed by atoms with Crippen molar-refractivity contribution in [3.8, 4) is 0 Å². The molecule has 6 heteroatoms. The summed E-state index contributed by atoms with van der Waals surface area (Å²) in [5, 5.41) is 3.96. The third-order valence-electron chi connectivity index (χ3n) is 4.39. The lowest BCUT2D eigenvalue weighted by molar-refractivity contribution is 0.0471. The largest absolute Gasteiger partial charge is 0.454 e. The number of aryl methyl sites for hydroxylation is 1. The maximum absolute atomic E-state index is 12.5. The van der Waals surface area contributed by atoms with E-state index in [0.717, 1.165) is 21.9 Å². The van der Waals surface area contributed by atoms with Gasteiger partial charge in [0.05, 0.1) is 11.3 Å². The third kappa shape index (κ3) is 5.57. The summed E-state index contributed by atoms with van der Waals surface area (Å²) < 4.78 is 10.3. The molecule has 0 fully saturated rings. The Morgan fingerprint density at radius 3 is 2.48 bits per heavy atom. The molecule has 29 heavy (non-hydrogen) atoms. The average molecular weight is 410 g/mol. The molecule has 5 nitrogen and oxygen atoms in total. The van der Waals surface area contributed by atoms with Crippen molar-refractivity contribution in [1.82, 2.24) is 5.16 Å². The average Bonchev–Trinajstić information content (AvgIpc) is 3.15. The molecule has 0 amide bonds. The lowest BCUT2D eigenvalue weighted by Crippen LogP contribution is -2.15. The number of nitrogens with zero attached hydrogens (tertiary/aromatic N) is 1. The van der Waals surface area contributed by atoms with E-state index < -0.39 is 5.97 Å². The summed E-state index contributed by atoms with van der Waals surface area (Å²) in [7, 11) is 0. The second kappa shape index (κ2) is 9.56. The minimum absolute atomic E-state index is 0.225. The van der Waals surface area contributed by atoms with E-state index in [9.17, 15) is 9.59 Å². The van der Waals surface area contributed by atoms with Gasteiger partial charge >= 0.3 is 5.97 Å². The zero-order chi connectivity index (χ0) is 20.8. The molecule has 150 valence electrons. The van der Waals surface area contributed by atoms with E-state index in [1.807, 2.05) is 37.3 Å². The fourth-order valence-corrected chi connectivity index (χ4v) is 3.67. The molecule has 0 aliphatic heterocycles. The number of hydrogen-bond donors (Lipinski definition) is 0. The van der Waals surface area contributed by atoms with Crippen LogP contribution in [-0.4, -0.2) is 23.5 Å². The normalized spacial score (nSPS) is 10.9. The van der Waals surface area contributed by atoms with Crippen molar-refractivity contribution in [3.63, 3.8) is 0 Å². The quantitative estimate of drug-likeness (QED) is 0.280. The van der Waals surface area contributed by atoms with Crippen LogP contribution in [0.2, 0.25) is 0 Å². The van der Waals surface area contributed by atoms with Crippen LogP contribution in [0.3, 0.4) is 0 Å². The van der Waals surface area contributed by atoms with E-state index in [1.165, 1.54) is 11.8 Å². The molecule has 0 aliphatic carbocycles. The number of aromatic nitrogens is 1. The van der Waals surface area contributed by atoms with Gasteiger partial charge in [-0.25, -0.2) is 4.79 Å². The molecule has 0 unspecified atom stereocenters. The molecule has 0 saturated heterocycles. The van der Waals surface area contributed by atoms with E-state index in [1.54, 1.807) is 24.3 Å². The first-order chi connectivity index (χ1) is 13.9. The van der Waals surface area contributed by atoms with Gasteiger partial charge in [-0.15, -0.1) is 11.8 Å². The number of benzene rings is 2. The van der Waals surface area contributed by atoms with Gasteiger partial charge in [0.15, 0.2) is 12.4 Å². The van der Waals surface area contributed by atoms with Crippen molar-refractivity contribution in [3.05, 3.63) is 82.7 Å². The summed E-state index contributed by atoms with van der Waals surface area (Å²) in [5.74, 6) is 0.969. The van der Waals surface area contributed by atoms with E-state index in [4.69, 9.17) is 9.26 Å². The summed E-state index contributed by atoms with van der Waals surface area (Å²) in [6, 6.07) is 16.4. The van der Waals surface area contributed by atoms with Gasteiger partial charge in [0.1, 0.15) is 5.76 Å². The minimum Gasteiger partial charge on any atom is -0.454 e. The van der Waals surface area contributed by atoms with Crippen molar-refractivity contribution < 1.29 is 18.8 Å². The Kier molecular flexibility index (Phi) is 6.88. The fraction of sp³-hybridized carbons (Fsp3) is 0.261. The Balaban J connectivity index is 1.61. The Morgan fingerprint density at radius 1 is 1.10 bits per heavy atom. The number of esters is 1. The Labute approximate surface area is 174 Å². The van der Waals surface area contributed by atoms with Gasteiger partial charge in [0.2, 0.25) is 0 Å². The van der Waals surface area contributed by atoms with Crippen molar-refractivity contribution in [2.45, 2.75) is 37.3 Å². The van der Waals surface area contributed by atoms with E-state index in [0.29, 0.717) is 22.8 Å². The van der Waals surface area contributed by atoms with Gasteiger partial charge in [0, 0.05) is 22.3 Å². The Morgan fingerprint density at radius 2 is 1.83 bits per heavy atom. The summed E-state index contributed by atoms with van der Waals surface area (Å²) in [4.78, 5) is 25.7. The second-order valence-electron chi connectivity index (χ2n) is 6.99. The first-order valence-electron chi connectivity index (χ1n) is 9.38. The molecule has 1 aromatic heterocycles. The maximum atomic E-state index is 12.5. The van der Waals surface area contributed by atoms with Crippen LogP contribution in [-0.2, 0) is 10.5 Å². The summed E-state index contributed by atoms with van der Waals surface area (Å²) in [6.45, 7) is 5.73. The minimum atomic E-state index is -0.517. The fourth-order valence-electron chi connectivity index (χ4n) is 2.74. The van der Waals surface area contributed by atoms with Gasteiger partial charge < -0.3 is 9.26 Å². The molecule has 0 saturated carbocycles. The highest BCUT2D eigenvalue weighted by Gasteiger charge is 2.16. The number of ketones is 1. The van der Waals surface area contributed by atoms with E-state index in [-0.39, 0.29) is 12.4 Å². The number of Topliss-reactive ketones (excluding diaryl/α,β-unsaturated/α-hetero) is 1. The van der Waals surface area contributed by atoms with Crippen LogP contribution in [0.15, 0.2) is 64.0 Å². The van der Waals surface area contributed by atoms with E-state index in [2.05, 4.69) is 19.0 Å². The van der Waals surface area contributed by atoms with Crippen molar-refractivity contribution in [2.24, 2.45) is 0 Å². The monoisotopic (exact) mass is 409 g/mol. The van der Waals surface area contributed by atoms with Crippen LogP contribution in [0.4, 0.5) is 0 Å². The molecular weight excluding hydrogens is 386 g/mol. The lowest BCUT2D eigenvalue weighted by Gasteiger charge is -2.09. The predicted molar refractivity (Wildman–Crippen MR) is 112 cm³/mol. The molecule has 3 rings (SSSR count). The third-order valence-corrected chi connectivity index (χ3v) is 5.50. The molecule has 0 aliphatic rings. The molecule has 0 N–H and O–H groups in total. The first-order valence-corrected chi connectivity index (χ1v) is 10.4. The topological polar surface area (TPSA) is 69.4 Å². The number of thioether (sulfide) groups is 1. The van der Waals surface area contributed by atoms with Gasteiger partial charge in [-0.2, -0.15) is 0 Å². The van der Waals surface area contributed by atoms with Gasteiger partial charge in [0.25, 0.3) is 0 Å². The highest BCUT2D eigenvalue weighted by atomic mass is 32.2. The predicted octanol–water partition coefficient (Wildman–Crippen LogP) is 5.44. The first kappa shape index (κ1) is 20.9. The number of carbonyl (C=O) groups is 2. The molecule has 0 radical (unpaired) electrons. The highest BCUT2D eigenvalue weighted by molar-refractivity contribution is 7.98. The molecule has 2 aromatic carbocycles. The summed E-state index contributed by atoms with van der Waals surface area (Å²) in [6.07, 6.45) is 0. The van der Waals surface area contributed by atoms with Gasteiger partial charge in [-0.3, -0.25) is 4.79 Å². The molecule has 0 atom stereocenters. The van der Waals surface area contributed by atoms with Crippen molar-refractivity contribution in [2.75, 3.05) is 6.61 Å². The second-order valence-corrected chi connectivity index (χ2v) is 8.01. The standard InChI is InChI=1S/C23H23NO4S/c1-15(2)17-8-10-18(11-9-17)21(25)13-27-23(26)20-6-4-5-7-22(20)29-14-19-12-16(3)28-24-19/h4-12,15H,13-14H2,1-3H3.